The lowest BCUT2D eigenvalue weighted by molar-refractivity contribution is -0.126. The van der Waals surface area contributed by atoms with Crippen LogP contribution < -0.4 is 10.6 Å². The Bertz CT molecular complexity index is 1020. The molecule has 28 heavy (non-hydrogen) atoms. The van der Waals surface area contributed by atoms with E-state index in [9.17, 15) is 14.0 Å². The van der Waals surface area contributed by atoms with Gasteiger partial charge in [0.2, 0.25) is 11.8 Å². The van der Waals surface area contributed by atoms with Gasteiger partial charge in [-0.1, -0.05) is 30.3 Å². The predicted molar refractivity (Wildman–Crippen MR) is 102 cm³/mol. The summed E-state index contributed by atoms with van der Waals surface area (Å²) in [5, 5.41) is 9.76. The van der Waals surface area contributed by atoms with Crippen molar-refractivity contribution >= 4 is 17.5 Å². The number of hydrogen-bond acceptors (Lipinski definition) is 3. The van der Waals surface area contributed by atoms with Crippen LogP contribution in [0.25, 0.3) is 0 Å². The lowest BCUT2D eigenvalue weighted by Gasteiger charge is -2.25. The molecule has 2 N–H and O–H groups in total. The molecule has 2 aromatic carbocycles. The van der Waals surface area contributed by atoms with E-state index in [4.69, 9.17) is 0 Å². The van der Waals surface area contributed by atoms with Crippen LogP contribution in [0, 0.1) is 5.82 Å². The average Bonchev–Trinajstić information content (AvgIpc) is 3.19. The fourth-order valence-electron chi connectivity index (χ4n) is 3.43. The molecule has 7 heteroatoms. The number of aromatic nitrogens is 2. The first-order chi connectivity index (χ1) is 13.6. The van der Waals surface area contributed by atoms with E-state index in [1.165, 1.54) is 12.1 Å². The monoisotopic (exact) mass is 378 g/mol. The second-order valence-electron chi connectivity index (χ2n) is 6.73. The normalized spacial score (nSPS) is 15.6. The summed E-state index contributed by atoms with van der Waals surface area (Å²) in [5.41, 5.74) is 3.01. The molecular formula is C21H19FN4O2. The zero-order valence-electron chi connectivity index (χ0n) is 15.1. The highest BCUT2D eigenvalue weighted by atomic mass is 19.1. The zero-order valence-corrected chi connectivity index (χ0v) is 15.1. The molecule has 0 spiro atoms. The number of hydrogen-bond donors (Lipinski definition) is 2. The molecule has 3 aromatic rings. The molecule has 2 heterocycles. The Morgan fingerprint density at radius 3 is 2.82 bits per heavy atom. The van der Waals surface area contributed by atoms with Gasteiger partial charge in [0.05, 0.1) is 12.5 Å². The van der Waals surface area contributed by atoms with Gasteiger partial charge in [-0.05, 0) is 34.9 Å². The summed E-state index contributed by atoms with van der Waals surface area (Å²) < 4.78 is 15.3. The van der Waals surface area contributed by atoms with Gasteiger partial charge in [0.15, 0.2) is 0 Å². The van der Waals surface area contributed by atoms with Gasteiger partial charge in [-0.25, -0.2) is 4.39 Å². The van der Waals surface area contributed by atoms with Crippen molar-refractivity contribution in [1.29, 1.82) is 0 Å². The first kappa shape index (κ1) is 17.9. The molecule has 1 aliphatic heterocycles. The van der Waals surface area contributed by atoms with Crippen molar-refractivity contribution in [3.05, 3.63) is 83.4 Å². The number of nitrogens with zero attached hydrogens (tertiary/aromatic N) is 2. The van der Waals surface area contributed by atoms with Crippen LogP contribution in [0.1, 0.15) is 29.0 Å². The quantitative estimate of drug-likeness (QED) is 0.717. The molecule has 0 fully saturated rings. The number of halogens is 1. The number of nitrogens with one attached hydrogen (secondary N) is 2. The van der Waals surface area contributed by atoms with Crippen molar-refractivity contribution in [2.24, 2.45) is 0 Å². The molecule has 4 rings (SSSR count). The van der Waals surface area contributed by atoms with Gasteiger partial charge in [0.25, 0.3) is 0 Å². The minimum Gasteiger partial charge on any atom is -0.351 e. The molecule has 0 saturated carbocycles. The minimum absolute atomic E-state index is 0.0411. The van der Waals surface area contributed by atoms with Gasteiger partial charge >= 0.3 is 0 Å². The molecule has 1 aliphatic rings. The van der Waals surface area contributed by atoms with Crippen molar-refractivity contribution < 1.29 is 14.0 Å². The van der Waals surface area contributed by atoms with E-state index in [-0.39, 0.29) is 18.2 Å². The van der Waals surface area contributed by atoms with Crippen molar-refractivity contribution in [3.8, 4) is 0 Å². The zero-order chi connectivity index (χ0) is 19.5. The summed E-state index contributed by atoms with van der Waals surface area (Å²) >= 11 is 0. The van der Waals surface area contributed by atoms with E-state index >= 15 is 0 Å². The molecule has 6 nitrogen and oxygen atoms in total. The van der Waals surface area contributed by atoms with Gasteiger partial charge in [0, 0.05) is 31.0 Å². The second kappa shape index (κ2) is 7.64. The van der Waals surface area contributed by atoms with E-state index in [1.807, 2.05) is 41.2 Å². The number of benzene rings is 2. The first-order valence-electron chi connectivity index (χ1n) is 9.01. The molecule has 2 amide bonds. The number of carbonyl (C=O) groups is 2. The fourth-order valence-corrected chi connectivity index (χ4v) is 3.43. The third-order valence-electron chi connectivity index (χ3n) is 4.83. The van der Waals surface area contributed by atoms with Crippen LogP contribution in [-0.2, 0) is 22.7 Å². The topological polar surface area (TPSA) is 76.0 Å². The number of rotatable bonds is 5. The molecule has 142 valence electrons. The van der Waals surface area contributed by atoms with Crippen molar-refractivity contribution in [3.63, 3.8) is 0 Å². The number of fused-ring (bicyclic) bond motifs is 1. The summed E-state index contributed by atoms with van der Waals surface area (Å²) in [6, 6.07) is 13.8. The Kier molecular flexibility index (Phi) is 4.89. The highest BCUT2D eigenvalue weighted by molar-refractivity contribution is 6.01. The second-order valence-corrected chi connectivity index (χ2v) is 6.73. The van der Waals surface area contributed by atoms with Gasteiger partial charge in [0.1, 0.15) is 5.82 Å². The van der Waals surface area contributed by atoms with Crippen molar-refractivity contribution in [1.82, 2.24) is 15.1 Å². The average molecular weight is 378 g/mol. The fraction of sp³-hybridized carbons (Fsp3) is 0.190. The lowest BCUT2D eigenvalue weighted by atomic mass is 9.89. The van der Waals surface area contributed by atoms with Crippen LogP contribution in [-0.4, -0.2) is 21.6 Å². The van der Waals surface area contributed by atoms with Crippen molar-refractivity contribution in [2.75, 3.05) is 5.32 Å². The van der Waals surface area contributed by atoms with Crippen LogP contribution in [0.2, 0.25) is 0 Å². The lowest BCUT2D eigenvalue weighted by Crippen LogP contribution is -2.35. The third-order valence-corrected chi connectivity index (χ3v) is 4.83. The number of carbonyl (C=O) groups excluding carboxylic acids is 2. The smallest absolute Gasteiger partial charge is 0.228 e. The van der Waals surface area contributed by atoms with E-state index < -0.39 is 11.7 Å². The van der Waals surface area contributed by atoms with E-state index in [0.29, 0.717) is 24.3 Å². The van der Waals surface area contributed by atoms with Crippen LogP contribution in [0.5, 0.6) is 0 Å². The Balaban J connectivity index is 1.49. The maximum atomic E-state index is 13.5. The third kappa shape index (κ3) is 3.78. The van der Waals surface area contributed by atoms with Crippen LogP contribution in [0.3, 0.4) is 0 Å². The molecule has 0 unspecified atom stereocenters. The molecule has 0 saturated heterocycles. The molecule has 1 atom stereocenters. The van der Waals surface area contributed by atoms with Crippen molar-refractivity contribution in [2.45, 2.75) is 25.4 Å². The number of amides is 2. The van der Waals surface area contributed by atoms with Gasteiger partial charge in [-0.3, -0.25) is 14.3 Å². The molecule has 0 bridgehead atoms. The summed E-state index contributed by atoms with van der Waals surface area (Å²) in [5.74, 6) is -1.63. The highest BCUT2D eigenvalue weighted by Gasteiger charge is 2.30. The molecule has 0 aliphatic carbocycles. The predicted octanol–water partition coefficient (Wildman–Crippen LogP) is 2.81. The standard InChI is InChI=1S/C21H19FN4O2/c22-16-6-7-17-18(11-20(27)25-19(17)10-16)21(28)23-12-14-4-1-2-5-15(14)13-26-9-3-8-24-26/h1-10,18H,11-13H2,(H,23,28)(H,25,27)/t18-/m1/s1. The molecule has 0 radical (unpaired) electrons. The Morgan fingerprint density at radius 1 is 1.21 bits per heavy atom. The number of anilines is 1. The summed E-state index contributed by atoms with van der Waals surface area (Å²) in [7, 11) is 0. The minimum atomic E-state index is -0.636. The Hall–Kier alpha value is -3.48. The van der Waals surface area contributed by atoms with Crippen LogP contribution >= 0.6 is 0 Å². The first-order valence-corrected chi connectivity index (χ1v) is 9.01. The maximum absolute atomic E-state index is 13.5. The molecule has 1 aromatic heterocycles. The van der Waals surface area contributed by atoms with E-state index in [1.54, 1.807) is 12.3 Å². The SMILES string of the molecule is O=C1C[C@@H](C(=O)NCc2ccccc2Cn2cccn2)c2ccc(F)cc2N1. The van der Waals surface area contributed by atoms with Gasteiger partial charge in [-0.2, -0.15) is 5.10 Å². The summed E-state index contributed by atoms with van der Waals surface area (Å²) in [6.07, 6.45) is 3.64. The molecular weight excluding hydrogens is 359 g/mol. The summed E-state index contributed by atoms with van der Waals surface area (Å²) in [4.78, 5) is 24.7. The van der Waals surface area contributed by atoms with E-state index in [0.717, 1.165) is 11.1 Å². The Morgan fingerprint density at radius 2 is 2.04 bits per heavy atom. The highest BCUT2D eigenvalue weighted by Crippen LogP contribution is 2.32. The van der Waals surface area contributed by atoms with E-state index in [2.05, 4.69) is 15.7 Å². The van der Waals surface area contributed by atoms with Gasteiger partial charge < -0.3 is 10.6 Å². The van der Waals surface area contributed by atoms with Gasteiger partial charge in [-0.15, -0.1) is 0 Å². The van der Waals surface area contributed by atoms with Crippen LogP contribution in [0.4, 0.5) is 10.1 Å². The summed E-state index contributed by atoms with van der Waals surface area (Å²) in [6.45, 7) is 0.942. The Labute approximate surface area is 161 Å². The van der Waals surface area contributed by atoms with Crippen LogP contribution in [0.15, 0.2) is 60.9 Å². The maximum Gasteiger partial charge on any atom is 0.228 e. The largest absolute Gasteiger partial charge is 0.351 e.